The molecule has 0 saturated carbocycles. The second-order valence-corrected chi connectivity index (χ2v) is 8.50. The van der Waals surface area contributed by atoms with Crippen molar-refractivity contribution in [1.82, 2.24) is 10.9 Å². The van der Waals surface area contributed by atoms with E-state index >= 15 is 0 Å². The Balaban J connectivity index is 1.98. The van der Waals surface area contributed by atoms with Crippen LogP contribution in [0.4, 0.5) is 0 Å². The Morgan fingerprint density at radius 2 is 1.60 bits per heavy atom. The summed E-state index contributed by atoms with van der Waals surface area (Å²) in [5, 5.41) is 0. The highest BCUT2D eigenvalue weighted by Gasteiger charge is 2.22. The van der Waals surface area contributed by atoms with Gasteiger partial charge < -0.3 is 9.47 Å². The van der Waals surface area contributed by atoms with E-state index in [0.29, 0.717) is 24.5 Å². The van der Waals surface area contributed by atoms with E-state index in [-0.39, 0.29) is 16.2 Å². The van der Waals surface area contributed by atoms with Crippen molar-refractivity contribution in [2.24, 2.45) is 0 Å². The van der Waals surface area contributed by atoms with Crippen LogP contribution >= 0.6 is 0 Å². The lowest BCUT2D eigenvalue weighted by Gasteiger charge is -2.16. The van der Waals surface area contributed by atoms with Crippen LogP contribution in [-0.4, -0.2) is 38.7 Å². The topological polar surface area (TPSA) is 111 Å². The summed E-state index contributed by atoms with van der Waals surface area (Å²) >= 11 is 0. The highest BCUT2D eigenvalue weighted by molar-refractivity contribution is 7.91. The summed E-state index contributed by atoms with van der Waals surface area (Å²) < 4.78 is 35.6. The third kappa shape index (κ3) is 6.21. The summed E-state index contributed by atoms with van der Waals surface area (Å²) in [6, 6.07) is 12.6. The minimum Gasteiger partial charge on any atom is -0.494 e. The van der Waals surface area contributed by atoms with Gasteiger partial charge in [0.25, 0.3) is 11.8 Å². The zero-order valence-electron chi connectivity index (χ0n) is 17.2. The molecule has 0 saturated heterocycles. The van der Waals surface area contributed by atoms with Crippen molar-refractivity contribution in [3.63, 3.8) is 0 Å². The summed E-state index contributed by atoms with van der Waals surface area (Å²) in [6.07, 6.45) is -0.475. The van der Waals surface area contributed by atoms with E-state index in [2.05, 4.69) is 10.9 Å². The van der Waals surface area contributed by atoms with Crippen molar-refractivity contribution < 1.29 is 27.5 Å². The SMILES string of the molecule is CCCS(=O)(=O)c1ccccc1C(=O)NNC(=O)C(C)Oc1ccc(OCC)cc1. The molecule has 0 bridgehead atoms. The molecule has 2 rings (SSSR count). The molecule has 0 spiro atoms. The number of hydrogen-bond donors (Lipinski definition) is 2. The average Bonchev–Trinajstić information content (AvgIpc) is 2.73. The fraction of sp³-hybridized carbons (Fsp3) is 0.333. The number of hydrazine groups is 1. The average molecular weight is 435 g/mol. The largest absolute Gasteiger partial charge is 0.494 e. The van der Waals surface area contributed by atoms with E-state index in [1.807, 2.05) is 6.92 Å². The minimum absolute atomic E-state index is 0.0358. The van der Waals surface area contributed by atoms with E-state index in [4.69, 9.17) is 9.47 Å². The Hall–Kier alpha value is -3.07. The minimum atomic E-state index is -3.60. The van der Waals surface area contributed by atoms with E-state index in [9.17, 15) is 18.0 Å². The van der Waals surface area contributed by atoms with Gasteiger partial charge >= 0.3 is 0 Å². The lowest BCUT2D eigenvalue weighted by molar-refractivity contribution is -0.128. The van der Waals surface area contributed by atoms with Crippen molar-refractivity contribution in [1.29, 1.82) is 0 Å². The number of nitrogens with one attached hydrogen (secondary N) is 2. The van der Waals surface area contributed by atoms with Crippen molar-refractivity contribution in [2.45, 2.75) is 38.2 Å². The molecule has 0 radical (unpaired) electrons. The Kier molecular flexibility index (Phi) is 8.23. The normalized spacial score (nSPS) is 12.0. The highest BCUT2D eigenvalue weighted by atomic mass is 32.2. The first-order chi connectivity index (χ1) is 14.3. The first-order valence-electron chi connectivity index (χ1n) is 9.60. The number of benzene rings is 2. The molecule has 1 atom stereocenters. The number of sulfone groups is 1. The van der Waals surface area contributed by atoms with E-state index in [1.54, 1.807) is 43.3 Å². The number of amides is 2. The summed E-state index contributed by atoms with van der Waals surface area (Å²) in [7, 11) is -3.60. The predicted octanol–water partition coefficient (Wildman–Crippen LogP) is 2.50. The Bertz CT molecular complexity index is 973. The van der Waals surface area contributed by atoms with Gasteiger partial charge in [0.2, 0.25) is 0 Å². The van der Waals surface area contributed by atoms with Gasteiger partial charge in [-0.3, -0.25) is 20.4 Å². The molecule has 8 nitrogen and oxygen atoms in total. The van der Waals surface area contributed by atoms with Gasteiger partial charge in [-0.05, 0) is 56.7 Å². The number of carbonyl (C=O) groups excluding carboxylic acids is 2. The van der Waals surface area contributed by atoms with Gasteiger partial charge in [-0.25, -0.2) is 8.42 Å². The smallest absolute Gasteiger partial charge is 0.279 e. The van der Waals surface area contributed by atoms with Crippen LogP contribution in [0.25, 0.3) is 0 Å². The fourth-order valence-electron chi connectivity index (χ4n) is 2.63. The van der Waals surface area contributed by atoms with Crippen molar-refractivity contribution in [3.05, 3.63) is 54.1 Å². The summed E-state index contributed by atoms with van der Waals surface area (Å²) in [5.41, 5.74) is 4.47. The van der Waals surface area contributed by atoms with Gasteiger partial charge in [0.05, 0.1) is 22.8 Å². The molecule has 0 aliphatic rings. The van der Waals surface area contributed by atoms with Gasteiger partial charge in [0, 0.05) is 0 Å². The Morgan fingerprint density at radius 1 is 0.967 bits per heavy atom. The highest BCUT2D eigenvalue weighted by Crippen LogP contribution is 2.19. The van der Waals surface area contributed by atoms with Crippen molar-refractivity contribution >= 4 is 21.7 Å². The Morgan fingerprint density at radius 3 is 2.23 bits per heavy atom. The molecule has 1 unspecified atom stereocenters. The maximum Gasteiger partial charge on any atom is 0.279 e. The lowest BCUT2D eigenvalue weighted by Crippen LogP contribution is -2.47. The van der Waals surface area contributed by atoms with Crippen LogP contribution in [0.5, 0.6) is 11.5 Å². The van der Waals surface area contributed by atoms with Crippen molar-refractivity contribution in [3.8, 4) is 11.5 Å². The van der Waals surface area contributed by atoms with Gasteiger partial charge in [0.1, 0.15) is 11.5 Å². The number of hydrogen-bond acceptors (Lipinski definition) is 6. The third-order valence-corrected chi connectivity index (χ3v) is 6.03. The molecule has 0 heterocycles. The van der Waals surface area contributed by atoms with Gasteiger partial charge in [0.15, 0.2) is 15.9 Å². The summed E-state index contributed by atoms with van der Waals surface area (Å²) in [4.78, 5) is 24.6. The molecule has 2 N–H and O–H groups in total. The lowest BCUT2D eigenvalue weighted by atomic mass is 10.2. The van der Waals surface area contributed by atoms with Crippen LogP contribution in [0.1, 0.15) is 37.6 Å². The monoisotopic (exact) mass is 434 g/mol. The summed E-state index contributed by atoms with van der Waals surface area (Å²) in [5.74, 6) is -0.247. The van der Waals surface area contributed by atoms with Crippen LogP contribution in [0, 0.1) is 0 Å². The molecular weight excluding hydrogens is 408 g/mol. The molecule has 0 aliphatic carbocycles. The predicted molar refractivity (Wildman–Crippen MR) is 112 cm³/mol. The van der Waals surface area contributed by atoms with Gasteiger partial charge in [-0.15, -0.1) is 0 Å². The molecule has 0 aromatic heterocycles. The maximum absolute atomic E-state index is 12.5. The third-order valence-electron chi connectivity index (χ3n) is 4.06. The van der Waals surface area contributed by atoms with Gasteiger partial charge in [-0.1, -0.05) is 19.1 Å². The number of carbonyl (C=O) groups is 2. The first-order valence-corrected chi connectivity index (χ1v) is 11.2. The summed E-state index contributed by atoms with van der Waals surface area (Å²) in [6.45, 7) is 5.69. The van der Waals surface area contributed by atoms with Gasteiger partial charge in [-0.2, -0.15) is 0 Å². The van der Waals surface area contributed by atoms with Crippen LogP contribution in [-0.2, 0) is 14.6 Å². The maximum atomic E-state index is 12.5. The second kappa shape index (κ2) is 10.6. The Labute approximate surface area is 176 Å². The van der Waals surface area contributed by atoms with Crippen LogP contribution in [0.15, 0.2) is 53.4 Å². The molecule has 2 aromatic carbocycles. The second-order valence-electron chi connectivity index (χ2n) is 6.42. The van der Waals surface area contributed by atoms with Crippen LogP contribution < -0.4 is 20.3 Å². The fourth-order valence-corrected chi connectivity index (χ4v) is 4.17. The van der Waals surface area contributed by atoms with Crippen LogP contribution in [0.3, 0.4) is 0 Å². The first kappa shape index (κ1) is 23.2. The molecule has 9 heteroatoms. The zero-order chi connectivity index (χ0) is 22.1. The standard InChI is InChI=1S/C21H26N2O6S/c1-4-14-30(26,27)19-9-7-6-8-18(19)21(25)23-22-20(24)15(3)29-17-12-10-16(11-13-17)28-5-2/h6-13,15H,4-5,14H2,1-3H3,(H,22,24)(H,23,25). The van der Waals surface area contributed by atoms with Crippen LogP contribution in [0.2, 0.25) is 0 Å². The van der Waals surface area contributed by atoms with E-state index < -0.39 is 27.8 Å². The quantitative estimate of drug-likeness (QED) is 0.587. The molecule has 0 aliphatic heterocycles. The molecule has 0 fully saturated rings. The molecular formula is C21H26N2O6S. The van der Waals surface area contributed by atoms with Crippen molar-refractivity contribution in [2.75, 3.05) is 12.4 Å². The zero-order valence-corrected chi connectivity index (χ0v) is 18.0. The molecule has 30 heavy (non-hydrogen) atoms. The van der Waals surface area contributed by atoms with E-state index in [0.717, 1.165) is 0 Å². The molecule has 2 aromatic rings. The van der Waals surface area contributed by atoms with E-state index in [1.165, 1.54) is 19.1 Å². The molecule has 2 amide bonds. The molecule has 162 valence electrons. The number of ether oxygens (including phenoxy) is 2. The number of rotatable bonds is 9.